The third-order valence-electron chi connectivity index (χ3n) is 2.78. The lowest BCUT2D eigenvalue weighted by molar-refractivity contribution is 0.101. The van der Waals surface area contributed by atoms with E-state index in [1.807, 2.05) is 29.8 Å². The third-order valence-corrected chi connectivity index (χ3v) is 3.11. The molecular formula is C13H13ClN2O. The second kappa shape index (κ2) is 4.26. The molecule has 0 aliphatic heterocycles. The number of ketones is 1. The molecule has 0 fully saturated rings. The van der Waals surface area contributed by atoms with Gasteiger partial charge < -0.3 is 10.3 Å². The molecule has 1 aromatic heterocycles. The van der Waals surface area contributed by atoms with Crippen LogP contribution in [0.4, 0.5) is 5.69 Å². The molecule has 0 spiro atoms. The number of nitrogen functional groups attached to an aromatic ring is 1. The predicted molar refractivity (Wildman–Crippen MR) is 70.3 cm³/mol. The van der Waals surface area contributed by atoms with E-state index >= 15 is 0 Å². The Labute approximate surface area is 105 Å². The Morgan fingerprint density at radius 3 is 2.53 bits per heavy atom. The largest absolute Gasteiger partial charge is 0.398 e. The lowest BCUT2D eigenvalue weighted by Crippen LogP contribution is -2.02. The number of hydrogen-bond acceptors (Lipinski definition) is 2. The topological polar surface area (TPSA) is 48.0 Å². The van der Waals surface area contributed by atoms with Gasteiger partial charge in [-0.05, 0) is 29.8 Å². The van der Waals surface area contributed by atoms with E-state index in [2.05, 4.69) is 0 Å². The zero-order valence-electron chi connectivity index (χ0n) is 9.70. The smallest absolute Gasteiger partial charge is 0.176 e. The minimum Gasteiger partial charge on any atom is -0.398 e. The zero-order valence-corrected chi connectivity index (χ0v) is 10.5. The van der Waals surface area contributed by atoms with Crippen LogP contribution in [0.2, 0.25) is 5.02 Å². The van der Waals surface area contributed by atoms with Gasteiger partial charge in [-0.3, -0.25) is 4.79 Å². The molecule has 88 valence electrons. The highest BCUT2D eigenvalue weighted by Gasteiger charge is 2.10. The van der Waals surface area contributed by atoms with Crippen LogP contribution in [0.15, 0.2) is 30.3 Å². The van der Waals surface area contributed by atoms with Gasteiger partial charge in [-0.25, -0.2) is 0 Å². The summed E-state index contributed by atoms with van der Waals surface area (Å²) < 4.78 is 1.85. The number of anilines is 1. The molecule has 1 heterocycles. The molecule has 2 N–H and O–H groups in total. The highest BCUT2D eigenvalue weighted by molar-refractivity contribution is 6.33. The van der Waals surface area contributed by atoms with Crippen LogP contribution < -0.4 is 5.73 Å². The van der Waals surface area contributed by atoms with Gasteiger partial charge in [0.1, 0.15) is 0 Å². The molecule has 4 heteroatoms. The molecule has 3 nitrogen and oxygen atoms in total. The lowest BCUT2D eigenvalue weighted by atomic mass is 10.1. The SMILES string of the molecule is CC(=O)c1ccc(-c2ccc(N)c(Cl)c2)n1C. The Morgan fingerprint density at radius 1 is 1.29 bits per heavy atom. The van der Waals surface area contributed by atoms with Crippen LogP contribution in [-0.2, 0) is 7.05 Å². The van der Waals surface area contributed by atoms with Crippen molar-refractivity contribution in [2.75, 3.05) is 5.73 Å². The van der Waals surface area contributed by atoms with Crippen LogP contribution in [0.3, 0.4) is 0 Å². The molecule has 0 bridgehead atoms. The van der Waals surface area contributed by atoms with Crippen LogP contribution in [0.25, 0.3) is 11.3 Å². The molecule has 0 saturated carbocycles. The monoisotopic (exact) mass is 248 g/mol. The maximum Gasteiger partial charge on any atom is 0.176 e. The summed E-state index contributed by atoms with van der Waals surface area (Å²) in [6, 6.07) is 9.16. The van der Waals surface area contributed by atoms with E-state index in [4.69, 9.17) is 17.3 Å². The predicted octanol–water partition coefficient (Wildman–Crippen LogP) is 3.13. The minimum absolute atomic E-state index is 0.0419. The van der Waals surface area contributed by atoms with Crippen molar-refractivity contribution in [3.05, 3.63) is 41.0 Å². The summed E-state index contributed by atoms with van der Waals surface area (Å²) in [5, 5.41) is 0.521. The fourth-order valence-electron chi connectivity index (χ4n) is 1.84. The number of carbonyl (C=O) groups is 1. The second-order valence-electron chi connectivity index (χ2n) is 3.96. The summed E-state index contributed by atoms with van der Waals surface area (Å²) >= 11 is 5.98. The number of aromatic nitrogens is 1. The summed E-state index contributed by atoms with van der Waals surface area (Å²) in [5.41, 5.74) is 8.78. The summed E-state index contributed by atoms with van der Waals surface area (Å²) in [4.78, 5) is 11.4. The van der Waals surface area contributed by atoms with Gasteiger partial charge in [0.15, 0.2) is 5.78 Å². The molecule has 1 aromatic carbocycles. The number of Topliss-reactive ketones (excluding diaryl/α,β-unsaturated/α-hetero) is 1. The first-order valence-electron chi connectivity index (χ1n) is 5.22. The number of nitrogens with two attached hydrogens (primary N) is 1. The average molecular weight is 249 g/mol. The molecule has 0 saturated heterocycles. The summed E-state index contributed by atoms with van der Waals surface area (Å²) in [6.45, 7) is 1.55. The maximum absolute atomic E-state index is 11.4. The molecule has 2 aromatic rings. The highest BCUT2D eigenvalue weighted by Crippen LogP contribution is 2.28. The molecule has 0 atom stereocenters. The first-order chi connectivity index (χ1) is 8.00. The van der Waals surface area contributed by atoms with E-state index < -0.39 is 0 Å². The van der Waals surface area contributed by atoms with Crippen molar-refractivity contribution in [2.45, 2.75) is 6.92 Å². The standard InChI is InChI=1S/C13H13ClN2O/c1-8(17)12-5-6-13(16(12)2)9-3-4-11(15)10(14)7-9/h3-7H,15H2,1-2H3. The zero-order chi connectivity index (χ0) is 12.6. The van der Waals surface area contributed by atoms with Crippen molar-refractivity contribution >= 4 is 23.1 Å². The van der Waals surface area contributed by atoms with E-state index in [0.29, 0.717) is 16.4 Å². The maximum atomic E-state index is 11.4. The van der Waals surface area contributed by atoms with Gasteiger partial charge in [0.05, 0.1) is 16.4 Å². The Kier molecular flexibility index (Phi) is 2.94. The molecule has 2 rings (SSSR count). The quantitative estimate of drug-likeness (QED) is 0.656. The van der Waals surface area contributed by atoms with Crippen LogP contribution >= 0.6 is 11.6 Å². The van der Waals surface area contributed by atoms with Gasteiger partial charge in [0, 0.05) is 19.7 Å². The number of hydrogen-bond donors (Lipinski definition) is 1. The van der Waals surface area contributed by atoms with Crippen molar-refractivity contribution in [1.82, 2.24) is 4.57 Å². The lowest BCUT2D eigenvalue weighted by Gasteiger charge is -2.07. The van der Waals surface area contributed by atoms with E-state index in [1.54, 1.807) is 19.1 Å². The molecule has 0 aliphatic carbocycles. The van der Waals surface area contributed by atoms with Crippen LogP contribution in [0.5, 0.6) is 0 Å². The van der Waals surface area contributed by atoms with Crippen molar-refractivity contribution in [3.8, 4) is 11.3 Å². The van der Waals surface area contributed by atoms with Gasteiger partial charge >= 0.3 is 0 Å². The fraction of sp³-hybridized carbons (Fsp3) is 0.154. The number of halogens is 1. The number of rotatable bonds is 2. The van der Waals surface area contributed by atoms with Gasteiger partial charge in [-0.15, -0.1) is 0 Å². The van der Waals surface area contributed by atoms with E-state index in [1.165, 1.54) is 0 Å². The van der Waals surface area contributed by atoms with Gasteiger partial charge in [-0.1, -0.05) is 17.7 Å². The number of carbonyl (C=O) groups excluding carboxylic acids is 1. The average Bonchev–Trinajstić information content (AvgIpc) is 2.64. The van der Waals surface area contributed by atoms with Crippen LogP contribution in [0, 0.1) is 0 Å². The first-order valence-corrected chi connectivity index (χ1v) is 5.60. The first kappa shape index (κ1) is 11.7. The molecular weight excluding hydrogens is 236 g/mol. The summed E-state index contributed by atoms with van der Waals surface area (Å²) in [5.74, 6) is 0.0419. The Hall–Kier alpha value is -1.74. The van der Waals surface area contributed by atoms with Crippen molar-refractivity contribution < 1.29 is 4.79 Å². The van der Waals surface area contributed by atoms with Crippen molar-refractivity contribution in [2.24, 2.45) is 7.05 Å². The van der Waals surface area contributed by atoms with Crippen molar-refractivity contribution in [3.63, 3.8) is 0 Å². The van der Waals surface area contributed by atoms with Crippen LogP contribution in [-0.4, -0.2) is 10.4 Å². The van der Waals surface area contributed by atoms with Crippen molar-refractivity contribution in [1.29, 1.82) is 0 Å². The summed E-state index contributed by atoms with van der Waals surface area (Å²) in [7, 11) is 1.86. The Balaban J connectivity index is 2.53. The third kappa shape index (κ3) is 2.06. The molecule has 0 amide bonds. The van der Waals surface area contributed by atoms with Gasteiger partial charge in [0.25, 0.3) is 0 Å². The highest BCUT2D eigenvalue weighted by atomic mass is 35.5. The molecule has 17 heavy (non-hydrogen) atoms. The normalized spacial score (nSPS) is 10.5. The molecule has 0 unspecified atom stereocenters. The van der Waals surface area contributed by atoms with E-state index in [0.717, 1.165) is 11.3 Å². The van der Waals surface area contributed by atoms with E-state index in [-0.39, 0.29) is 5.78 Å². The number of benzene rings is 1. The van der Waals surface area contributed by atoms with Gasteiger partial charge in [0.2, 0.25) is 0 Å². The summed E-state index contributed by atoms with van der Waals surface area (Å²) in [6.07, 6.45) is 0. The second-order valence-corrected chi connectivity index (χ2v) is 4.36. The molecule has 0 aliphatic rings. The fourth-order valence-corrected chi connectivity index (χ4v) is 2.02. The minimum atomic E-state index is 0.0419. The van der Waals surface area contributed by atoms with E-state index in [9.17, 15) is 4.79 Å². The van der Waals surface area contributed by atoms with Gasteiger partial charge in [-0.2, -0.15) is 0 Å². The van der Waals surface area contributed by atoms with Crippen LogP contribution in [0.1, 0.15) is 17.4 Å². The number of nitrogens with zero attached hydrogens (tertiary/aromatic N) is 1. The Morgan fingerprint density at radius 2 is 2.00 bits per heavy atom. The Bertz CT molecular complexity index is 587. The molecule has 0 radical (unpaired) electrons.